The highest BCUT2D eigenvalue weighted by atomic mass is 79.9. The molecule has 88 valence electrons. The predicted molar refractivity (Wildman–Crippen MR) is 69.3 cm³/mol. The molecular weight excluding hydrogens is 280 g/mol. The normalized spacial score (nSPS) is 19.1. The highest BCUT2D eigenvalue weighted by Gasteiger charge is 2.22. The second kappa shape index (κ2) is 4.23. The van der Waals surface area contributed by atoms with Gasteiger partial charge in [-0.15, -0.1) is 10.2 Å². The molecule has 0 aliphatic carbocycles. The molecule has 0 radical (unpaired) electrons. The maximum absolute atomic E-state index is 6.13. The van der Waals surface area contributed by atoms with Crippen LogP contribution in [-0.2, 0) is 6.42 Å². The molecule has 0 spiro atoms. The van der Waals surface area contributed by atoms with Crippen LogP contribution in [0.5, 0.6) is 0 Å². The van der Waals surface area contributed by atoms with Crippen molar-refractivity contribution in [2.24, 2.45) is 5.73 Å². The molecule has 1 aliphatic rings. The Morgan fingerprint density at radius 1 is 1.24 bits per heavy atom. The first-order valence-electron chi connectivity index (χ1n) is 5.71. The Kier molecular flexibility index (Phi) is 2.72. The van der Waals surface area contributed by atoms with E-state index >= 15 is 0 Å². The van der Waals surface area contributed by atoms with Crippen molar-refractivity contribution < 1.29 is 0 Å². The average molecular weight is 293 g/mol. The molecule has 1 aliphatic heterocycles. The number of benzene rings is 1. The summed E-state index contributed by atoms with van der Waals surface area (Å²) in [6.45, 7) is 0. The van der Waals surface area contributed by atoms with Gasteiger partial charge in [0.2, 0.25) is 0 Å². The lowest BCUT2D eigenvalue weighted by Gasteiger charge is -2.22. The Morgan fingerprint density at radius 2 is 2.00 bits per heavy atom. The summed E-state index contributed by atoms with van der Waals surface area (Å²) in [5, 5.41) is 8.49. The molecule has 0 amide bonds. The van der Waals surface area contributed by atoms with E-state index < -0.39 is 0 Å². The Hall–Kier alpha value is -1.20. The van der Waals surface area contributed by atoms with E-state index in [4.69, 9.17) is 5.73 Å². The quantitative estimate of drug-likeness (QED) is 0.879. The molecule has 1 unspecified atom stereocenters. The molecule has 0 saturated carbocycles. The minimum absolute atomic E-state index is 0.00685. The molecule has 2 N–H and O–H groups in total. The van der Waals surface area contributed by atoms with Gasteiger partial charge in [0.15, 0.2) is 5.82 Å². The van der Waals surface area contributed by atoms with E-state index in [1.165, 1.54) is 0 Å². The molecule has 0 bridgehead atoms. The van der Waals surface area contributed by atoms with E-state index in [0.29, 0.717) is 0 Å². The first kappa shape index (κ1) is 10.9. The third-order valence-electron chi connectivity index (χ3n) is 3.10. The lowest BCUT2D eigenvalue weighted by atomic mass is 10.1. The van der Waals surface area contributed by atoms with Gasteiger partial charge in [0, 0.05) is 16.5 Å². The summed E-state index contributed by atoms with van der Waals surface area (Å²) in [6, 6.07) is 8.07. The van der Waals surface area contributed by atoms with Crippen molar-refractivity contribution in [3.8, 4) is 11.4 Å². The number of rotatable bonds is 1. The monoisotopic (exact) mass is 292 g/mol. The highest BCUT2D eigenvalue weighted by molar-refractivity contribution is 9.10. The number of halogens is 1. The summed E-state index contributed by atoms with van der Waals surface area (Å²) in [6.07, 6.45) is 3.07. The summed E-state index contributed by atoms with van der Waals surface area (Å²) in [4.78, 5) is 0. The number of nitrogens with zero attached hydrogens (tertiary/aromatic N) is 3. The molecule has 3 rings (SSSR count). The third-order valence-corrected chi connectivity index (χ3v) is 3.63. The molecule has 0 saturated heterocycles. The maximum Gasteiger partial charge on any atom is 0.165 e. The average Bonchev–Trinajstić information content (AvgIpc) is 2.75. The first-order valence-corrected chi connectivity index (χ1v) is 6.50. The molecule has 1 aromatic heterocycles. The van der Waals surface area contributed by atoms with Crippen LogP contribution in [0.25, 0.3) is 11.4 Å². The molecule has 0 fully saturated rings. The van der Waals surface area contributed by atoms with Crippen LogP contribution in [0.4, 0.5) is 0 Å². The zero-order chi connectivity index (χ0) is 11.8. The Bertz CT molecular complexity index is 532. The minimum Gasteiger partial charge on any atom is -0.311 e. The van der Waals surface area contributed by atoms with Crippen LogP contribution >= 0.6 is 15.9 Å². The molecule has 1 aromatic carbocycles. The van der Waals surface area contributed by atoms with Gasteiger partial charge in [0.1, 0.15) is 5.82 Å². The van der Waals surface area contributed by atoms with Crippen molar-refractivity contribution in [3.05, 3.63) is 34.6 Å². The molecule has 4 nitrogen and oxygen atoms in total. The number of hydrogen-bond acceptors (Lipinski definition) is 3. The van der Waals surface area contributed by atoms with Crippen molar-refractivity contribution in [3.63, 3.8) is 0 Å². The van der Waals surface area contributed by atoms with Crippen LogP contribution in [0.3, 0.4) is 0 Å². The van der Waals surface area contributed by atoms with Crippen LogP contribution in [0, 0.1) is 0 Å². The molecular formula is C12H13BrN4. The van der Waals surface area contributed by atoms with Crippen molar-refractivity contribution in [1.82, 2.24) is 14.8 Å². The van der Waals surface area contributed by atoms with E-state index in [-0.39, 0.29) is 6.17 Å². The number of aryl methyl sites for hydroxylation is 1. The Labute approximate surface area is 108 Å². The van der Waals surface area contributed by atoms with E-state index in [1.54, 1.807) is 0 Å². The summed E-state index contributed by atoms with van der Waals surface area (Å²) in [5.74, 6) is 1.88. The standard InChI is InChI=1S/C12H13BrN4/c13-9-6-4-8(5-7-9)12-16-15-11-3-1-2-10(14)17(11)12/h4-7,10H,1-3,14H2. The molecule has 2 aromatic rings. The summed E-state index contributed by atoms with van der Waals surface area (Å²) >= 11 is 3.43. The lowest BCUT2D eigenvalue weighted by molar-refractivity contribution is 0.412. The molecule has 2 heterocycles. The topological polar surface area (TPSA) is 56.7 Å². The molecule has 1 atom stereocenters. The van der Waals surface area contributed by atoms with Crippen molar-refractivity contribution in [2.45, 2.75) is 25.4 Å². The van der Waals surface area contributed by atoms with Gasteiger partial charge in [-0.2, -0.15) is 0 Å². The summed E-state index contributed by atoms with van der Waals surface area (Å²) < 4.78 is 3.12. The van der Waals surface area contributed by atoms with E-state index in [1.807, 2.05) is 24.3 Å². The van der Waals surface area contributed by atoms with E-state index in [0.717, 1.165) is 40.9 Å². The predicted octanol–water partition coefficient (Wildman–Crippen LogP) is 2.50. The van der Waals surface area contributed by atoms with Crippen LogP contribution < -0.4 is 5.73 Å². The lowest BCUT2D eigenvalue weighted by Crippen LogP contribution is -2.25. The van der Waals surface area contributed by atoms with E-state index in [2.05, 4.69) is 30.7 Å². The Balaban J connectivity index is 2.09. The zero-order valence-electron chi connectivity index (χ0n) is 9.31. The van der Waals surface area contributed by atoms with Crippen molar-refractivity contribution in [1.29, 1.82) is 0 Å². The van der Waals surface area contributed by atoms with Gasteiger partial charge >= 0.3 is 0 Å². The van der Waals surface area contributed by atoms with Crippen LogP contribution in [0.15, 0.2) is 28.7 Å². The van der Waals surface area contributed by atoms with Gasteiger partial charge in [-0.1, -0.05) is 28.1 Å². The zero-order valence-corrected chi connectivity index (χ0v) is 10.9. The van der Waals surface area contributed by atoms with Crippen LogP contribution in [-0.4, -0.2) is 14.8 Å². The van der Waals surface area contributed by atoms with Crippen LogP contribution in [0.1, 0.15) is 24.8 Å². The van der Waals surface area contributed by atoms with Gasteiger partial charge in [0.25, 0.3) is 0 Å². The van der Waals surface area contributed by atoms with Gasteiger partial charge in [-0.25, -0.2) is 0 Å². The minimum atomic E-state index is 0.00685. The van der Waals surface area contributed by atoms with Crippen molar-refractivity contribution >= 4 is 15.9 Å². The fraction of sp³-hybridized carbons (Fsp3) is 0.333. The van der Waals surface area contributed by atoms with Crippen LogP contribution in [0.2, 0.25) is 0 Å². The van der Waals surface area contributed by atoms with Gasteiger partial charge in [0.05, 0.1) is 6.17 Å². The van der Waals surface area contributed by atoms with Gasteiger partial charge in [-0.05, 0) is 25.0 Å². The van der Waals surface area contributed by atoms with Gasteiger partial charge < -0.3 is 5.73 Å². The molecule has 5 heteroatoms. The fourth-order valence-corrected chi connectivity index (χ4v) is 2.50. The largest absolute Gasteiger partial charge is 0.311 e. The SMILES string of the molecule is NC1CCCc2nnc(-c3ccc(Br)cc3)n21. The summed E-state index contributed by atoms with van der Waals surface area (Å²) in [5.41, 5.74) is 7.19. The van der Waals surface area contributed by atoms with E-state index in [9.17, 15) is 0 Å². The fourth-order valence-electron chi connectivity index (χ4n) is 2.24. The maximum atomic E-state index is 6.13. The van der Waals surface area contributed by atoms with Crippen molar-refractivity contribution in [2.75, 3.05) is 0 Å². The number of fused-ring (bicyclic) bond motifs is 1. The summed E-state index contributed by atoms with van der Waals surface area (Å²) in [7, 11) is 0. The highest BCUT2D eigenvalue weighted by Crippen LogP contribution is 2.27. The first-order chi connectivity index (χ1) is 8.25. The smallest absolute Gasteiger partial charge is 0.165 e. The second-order valence-electron chi connectivity index (χ2n) is 4.28. The van der Waals surface area contributed by atoms with Gasteiger partial charge in [-0.3, -0.25) is 4.57 Å². The third kappa shape index (κ3) is 1.89. The number of hydrogen-bond donors (Lipinski definition) is 1. The number of nitrogens with two attached hydrogens (primary N) is 1. The second-order valence-corrected chi connectivity index (χ2v) is 5.19. The molecule has 17 heavy (non-hydrogen) atoms. The Morgan fingerprint density at radius 3 is 2.76 bits per heavy atom. The number of aromatic nitrogens is 3.